The van der Waals surface area contributed by atoms with E-state index in [1.54, 1.807) is 19.3 Å². The first kappa shape index (κ1) is 12.0. The molecule has 2 rings (SSSR count). The molecule has 0 atom stereocenters. The largest absolute Gasteiger partial charge is 0.419 e. The van der Waals surface area contributed by atoms with Gasteiger partial charge in [-0.2, -0.15) is 13.2 Å². The van der Waals surface area contributed by atoms with Crippen molar-refractivity contribution in [2.45, 2.75) is 32.9 Å². The Morgan fingerprint density at radius 1 is 1.24 bits per heavy atom. The van der Waals surface area contributed by atoms with E-state index in [0.29, 0.717) is 11.3 Å². The third-order valence-corrected chi connectivity index (χ3v) is 2.66. The van der Waals surface area contributed by atoms with Gasteiger partial charge in [0.1, 0.15) is 5.65 Å². The highest BCUT2D eigenvalue weighted by Crippen LogP contribution is 2.34. The van der Waals surface area contributed by atoms with E-state index in [9.17, 15) is 13.2 Å². The number of aromatic nitrogens is 2. The molecule has 17 heavy (non-hydrogen) atoms. The maximum Gasteiger partial charge on any atom is 0.419 e. The van der Waals surface area contributed by atoms with Crippen molar-refractivity contribution in [3.63, 3.8) is 0 Å². The van der Waals surface area contributed by atoms with Crippen molar-refractivity contribution in [1.29, 1.82) is 0 Å². The first-order chi connectivity index (χ1) is 7.79. The summed E-state index contributed by atoms with van der Waals surface area (Å²) in [5.74, 6) is 0.0446. The van der Waals surface area contributed by atoms with Gasteiger partial charge in [-0.05, 0) is 24.5 Å². The number of pyridine rings is 1. The Morgan fingerprint density at radius 3 is 2.41 bits per heavy atom. The summed E-state index contributed by atoms with van der Waals surface area (Å²) in [6, 6.07) is 1.19. The summed E-state index contributed by atoms with van der Waals surface area (Å²) in [5.41, 5.74) is 0.537. The first-order valence-corrected chi connectivity index (χ1v) is 5.35. The smallest absolute Gasteiger partial charge is 0.306 e. The van der Waals surface area contributed by atoms with Crippen LogP contribution in [0.15, 0.2) is 18.5 Å². The van der Waals surface area contributed by atoms with Crippen LogP contribution in [0.25, 0.3) is 5.65 Å². The summed E-state index contributed by atoms with van der Waals surface area (Å²) >= 11 is 0. The lowest BCUT2D eigenvalue weighted by Gasteiger charge is -2.12. The third-order valence-electron chi connectivity index (χ3n) is 2.66. The van der Waals surface area contributed by atoms with E-state index < -0.39 is 11.7 Å². The minimum Gasteiger partial charge on any atom is -0.306 e. The van der Waals surface area contributed by atoms with Crippen molar-refractivity contribution in [2.24, 2.45) is 0 Å². The van der Waals surface area contributed by atoms with Crippen LogP contribution in [0.1, 0.15) is 36.6 Å². The van der Waals surface area contributed by atoms with Gasteiger partial charge in [0.15, 0.2) is 0 Å². The van der Waals surface area contributed by atoms with E-state index in [0.717, 1.165) is 0 Å². The number of imidazole rings is 1. The van der Waals surface area contributed by atoms with Crippen molar-refractivity contribution in [1.82, 2.24) is 9.38 Å². The minimum absolute atomic E-state index is 0.0283. The molecule has 2 heterocycles. The molecule has 0 aliphatic rings. The van der Waals surface area contributed by atoms with Crippen molar-refractivity contribution in [3.05, 3.63) is 35.3 Å². The van der Waals surface area contributed by atoms with Gasteiger partial charge in [-0.15, -0.1) is 0 Å². The molecule has 2 nitrogen and oxygen atoms in total. The number of hydrogen-bond acceptors (Lipinski definition) is 1. The number of hydrogen-bond donors (Lipinski definition) is 0. The number of rotatable bonds is 1. The molecule has 92 valence electrons. The lowest BCUT2D eigenvalue weighted by Crippen LogP contribution is -2.09. The van der Waals surface area contributed by atoms with Gasteiger partial charge in [0, 0.05) is 12.4 Å². The van der Waals surface area contributed by atoms with E-state index in [1.807, 2.05) is 13.8 Å². The Hall–Kier alpha value is -1.52. The standard InChI is InChI=1S/C12H13F3N2/c1-7(2)9-4-10(12(13,14)15)11-16-8(3)5-17(11)6-9/h4-7H,1-3H3. The highest BCUT2D eigenvalue weighted by atomic mass is 19.4. The van der Waals surface area contributed by atoms with E-state index in [1.165, 1.54) is 10.5 Å². The Labute approximate surface area is 97.1 Å². The van der Waals surface area contributed by atoms with Crippen LogP contribution in [0.5, 0.6) is 0 Å². The summed E-state index contributed by atoms with van der Waals surface area (Å²) in [5, 5.41) is 0. The number of fused-ring (bicyclic) bond motifs is 1. The van der Waals surface area contributed by atoms with Crippen LogP contribution in [-0.2, 0) is 6.18 Å². The van der Waals surface area contributed by atoms with Gasteiger partial charge in [0.25, 0.3) is 0 Å². The zero-order valence-corrected chi connectivity index (χ0v) is 9.84. The second kappa shape index (κ2) is 3.75. The zero-order chi connectivity index (χ0) is 12.8. The molecular weight excluding hydrogens is 229 g/mol. The lowest BCUT2D eigenvalue weighted by atomic mass is 10.0. The van der Waals surface area contributed by atoms with Gasteiger partial charge in [0.05, 0.1) is 11.3 Å². The molecule has 0 aromatic carbocycles. The van der Waals surface area contributed by atoms with Gasteiger partial charge in [-0.1, -0.05) is 13.8 Å². The summed E-state index contributed by atoms with van der Waals surface area (Å²) in [7, 11) is 0. The van der Waals surface area contributed by atoms with E-state index in [2.05, 4.69) is 4.98 Å². The maximum absolute atomic E-state index is 12.9. The molecule has 0 radical (unpaired) electrons. The monoisotopic (exact) mass is 242 g/mol. The molecule has 5 heteroatoms. The van der Waals surface area contributed by atoms with E-state index in [4.69, 9.17) is 0 Å². The average Bonchev–Trinajstić information content (AvgIpc) is 2.54. The van der Waals surface area contributed by atoms with Gasteiger partial charge in [-0.25, -0.2) is 4.98 Å². The molecule has 0 spiro atoms. The SMILES string of the molecule is Cc1cn2cc(C(C)C)cc(C(F)(F)F)c2n1. The third kappa shape index (κ3) is 2.14. The van der Waals surface area contributed by atoms with Gasteiger partial charge < -0.3 is 4.40 Å². The van der Waals surface area contributed by atoms with Crippen LogP contribution in [0.2, 0.25) is 0 Å². The molecule has 0 amide bonds. The number of nitrogens with zero attached hydrogens (tertiary/aromatic N) is 2. The first-order valence-electron chi connectivity index (χ1n) is 5.35. The molecule has 0 fully saturated rings. The molecule has 0 unspecified atom stereocenters. The van der Waals surface area contributed by atoms with Crippen molar-refractivity contribution >= 4 is 5.65 Å². The highest BCUT2D eigenvalue weighted by Gasteiger charge is 2.34. The topological polar surface area (TPSA) is 17.3 Å². The second-order valence-corrected chi connectivity index (χ2v) is 4.45. The molecule has 0 N–H and O–H groups in total. The van der Waals surface area contributed by atoms with E-state index >= 15 is 0 Å². The van der Waals surface area contributed by atoms with Crippen molar-refractivity contribution < 1.29 is 13.2 Å². The van der Waals surface area contributed by atoms with Crippen LogP contribution >= 0.6 is 0 Å². The fourth-order valence-electron chi connectivity index (χ4n) is 1.77. The Morgan fingerprint density at radius 2 is 1.88 bits per heavy atom. The maximum atomic E-state index is 12.9. The van der Waals surface area contributed by atoms with Crippen LogP contribution in [0.3, 0.4) is 0 Å². The predicted molar refractivity (Wildman–Crippen MR) is 59.0 cm³/mol. The minimum atomic E-state index is -4.37. The van der Waals surface area contributed by atoms with Crippen LogP contribution in [-0.4, -0.2) is 9.38 Å². The zero-order valence-electron chi connectivity index (χ0n) is 9.84. The molecule has 2 aromatic heterocycles. The molecular formula is C12H13F3N2. The van der Waals surface area contributed by atoms with Gasteiger partial charge in [-0.3, -0.25) is 0 Å². The molecule has 0 saturated carbocycles. The molecule has 0 aliphatic heterocycles. The Balaban J connectivity index is 2.78. The fraction of sp³-hybridized carbons (Fsp3) is 0.417. The van der Waals surface area contributed by atoms with Crippen LogP contribution in [0, 0.1) is 6.92 Å². The molecule has 2 aromatic rings. The van der Waals surface area contributed by atoms with Crippen molar-refractivity contribution in [2.75, 3.05) is 0 Å². The lowest BCUT2D eigenvalue weighted by molar-refractivity contribution is -0.136. The summed E-state index contributed by atoms with van der Waals surface area (Å²) in [4.78, 5) is 3.92. The van der Waals surface area contributed by atoms with Gasteiger partial charge in [0.2, 0.25) is 0 Å². The van der Waals surface area contributed by atoms with E-state index in [-0.39, 0.29) is 11.6 Å². The number of aryl methyl sites for hydroxylation is 1. The van der Waals surface area contributed by atoms with Crippen molar-refractivity contribution in [3.8, 4) is 0 Å². The summed E-state index contributed by atoms with van der Waals surface area (Å²) in [6.45, 7) is 5.42. The molecule has 0 bridgehead atoms. The van der Waals surface area contributed by atoms with Crippen LogP contribution < -0.4 is 0 Å². The normalized spacial score (nSPS) is 12.6. The van der Waals surface area contributed by atoms with Crippen LogP contribution in [0.4, 0.5) is 13.2 Å². The number of halogens is 3. The Kier molecular flexibility index (Phi) is 2.64. The average molecular weight is 242 g/mol. The Bertz CT molecular complexity index is 553. The molecule has 0 saturated heterocycles. The highest BCUT2D eigenvalue weighted by molar-refractivity contribution is 5.52. The summed E-state index contributed by atoms with van der Waals surface area (Å²) in [6.07, 6.45) is -1.06. The number of alkyl halides is 3. The fourth-order valence-corrected chi connectivity index (χ4v) is 1.77. The second-order valence-electron chi connectivity index (χ2n) is 4.45. The quantitative estimate of drug-likeness (QED) is 0.743. The molecule has 0 aliphatic carbocycles. The predicted octanol–water partition coefficient (Wildman–Crippen LogP) is 3.78. The van der Waals surface area contributed by atoms with Gasteiger partial charge >= 0.3 is 6.18 Å². The summed E-state index contributed by atoms with van der Waals surface area (Å²) < 4.78 is 40.2.